The highest BCUT2D eigenvalue weighted by Gasteiger charge is 2.23. The number of Topliss-reactive ketones (excluding diaryl/α,β-unsaturated/α-hetero) is 1. The van der Waals surface area contributed by atoms with Crippen LogP contribution in [0, 0.1) is 0 Å². The van der Waals surface area contributed by atoms with E-state index < -0.39 is 0 Å². The van der Waals surface area contributed by atoms with Crippen molar-refractivity contribution in [3.8, 4) is 0 Å². The van der Waals surface area contributed by atoms with Gasteiger partial charge in [0.05, 0.1) is 0 Å². The minimum absolute atomic E-state index is 0. The summed E-state index contributed by atoms with van der Waals surface area (Å²) in [5.41, 5.74) is 0.845. The molecule has 1 heterocycles. The topological polar surface area (TPSA) is 20.3 Å². The maximum absolute atomic E-state index is 11.9. The quantitative estimate of drug-likeness (QED) is 0.756. The molecule has 2 nitrogen and oxygen atoms in total. The molecule has 0 aliphatic carbocycles. The largest absolute Gasteiger partial charge is 0.303 e. The molecule has 88 valence electrons. The third kappa shape index (κ3) is 3.06. The van der Waals surface area contributed by atoms with Crippen molar-refractivity contribution in [2.24, 2.45) is 0 Å². The van der Waals surface area contributed by atoms with E-state index in [-0.39, 0.29) is 18.2 Å². The summed E-state index contributed by atoms with van der Waals surface area (Å²) in [4.78, 5) is 14.2. The van der Waals surface area contributed by atoms with Gasteiger partial charge in [-0.3, -0.25) is 4.79 Å². The van der Waals surface area contributed by atoms with Crippen LogP contribution in [-0.4, -0.2) is 30.3 Å². The first-order valence-electron chi connectivity index (χ1n) is 5.56. The lowest BCUT2D eigenvalue weighted by Gasteiger charge is -2.18. The Morgan fingerprint density at radius 1 is 1.38 bits per heavy atom. The zero-order valence-electron chi connectivity index (χ0n) is 9.56. The standard InChI is InChI=1S/C13H17NO.ClH/c1-14-9-5-8-12(14)10-13(15)11-6-3-2-4-7-11;/h2-4,6-7,12H,5,8-10H2,1H3;1H. The molecule has 1 aliphatic heterocycles. The van der Waals surface area contributed by atoms with E-state index in [1.165, 1.54) is 6.42 Å². The Labute approximate surface area is 103 Å². The predicted octanol–water partition coefficient (Wildman–Crippen LogP) is 2.78. The van der Waals surface area contributed by atoms with Crippen LogP contribution in [0.25, 0.3) is 0 Å². The molecule has 1 aromatic carbocycles. The lowest BCUT2D eigenvalue weighted by Crippen LogP contribution is -2.27. The van der Waals surface area contributed by atoms with Crippen LogP contribution in [0.15, 0.2) is 30.3 Å². The van der Waals surface area contributed by atoms with Crippen molar-refractivity contribution < 1.29 is 4.79 Å². The van der Waals surface area contributed by atoms with Crippen LogP contribution in [0.4, 0.5) is 0 Å². The van der Waals surface area contributed by atoms with E-state index in [9.17, 15) is 4.79 Å². The van der Waals surface area contributed by atoms with E-state index >= 15 is 0 Å². The number of hydrogen-bond donors (Lipinski definition) is 0. The summed E-state index contributed by atoms with van der Waals surface area (Å²) >= 11 is 0. The zero-order chi connectivity index (χ0) is 10.7. The molecule has 1 fully saturated rings. The van der Waals surface area contributed by atoms with Crippen molar-refractivity contribution in [1.29, 1.82) is 0 Å². The Hall–Kier alpha value is -0.860. The molecule has 16 heavy (non-hydrogen) atoms. The van der Waals surface area contributed by atoms with E-state index in [4.69, 9.17) is 0 Å². The van der Waals surface area contributed by atoms with E-state index in [0.29, 0.717) is 12.5 Å². The molecular formula is C13H18ClNO. The van der Waals surface area contributed by atoms with Crippen LogP contribution >= 0.6 is 12.4 Å². The highest BCUT2D eigenvalue weighted by atomic mass is 35.5. The molecular weight excluding hydrogens is 222 g/mol. The summed E-state index contributed by atoms with van der Waals surface area (Å²) < 4.78 is 0. The minimum atomic E-state index is 0. The molecule has 0 radical (unpaired) electrons. The van der Waals surface area contributed by atoms with Crippen molar-refractivity contribution in [3.63, 3.8) is 0 Å². The Kier molecular flexibility index (Phi) is 4.97. The maximum atomic E-state index is 11.9. The minimum Gasteiger partial charge on any atom is -0.303 e. The van der Waals surface area contributed by atoms with Gasteiger partial charge in [0.2, 0.25) is 0 Å². The zero-order valence-corrected chi connectivity index (χ0v) is 10.4. The fraction of sp³-hybridized carbons (Fsp3) is 0.462. The normalized spacial score (nSPS) is 20.4. The van der Waals surface area contributed by atoms with Gasteiger partial charge in [0.25, 0.3) is 0 Å². The molecule has 0 saturated carbocycles. The van der Waals surface area contributed by atoms with Gasteiger partial charge in [-0.2, -0.15) is 0 Å². The van der Waals surface area contributed by atoms with Gasteiger partial charge in [-0.1, -0.05) is 30.3 Å². The van der Waals surface area contributed by atoms with Gasteiger partial charge in [0, 0.05) is 18.0 Å². The number of likely N-dealkylation sites (tertiary alicyclic amines) is 1. The molecule has 0 bridgehead atoms. The Morgan fingerprint density at radius 2 is 2.06 bits per heavy atom. The molecule has 1 unspecified atom stereocenters. The van der Waals surface area contributed by atoms with Crippen LogP contribution in [0.2, 0.25) is 0 Å². The van der Waals surface area contributed by atoms with Gasteiger partial charge in [-0.15, -0.1) is 12.4 Å². The number of nitrogens with zero attached hydrogens (tertiary/aromatic N) is 1. The number of carbonyl (C=O) groups excluding carboxylic acids is 1. The monoisotopic (exact) mass is 239 g/mol. The highest BCUT2D eigenvalue weighted by Crippen LogP contribution is 2.19. The number of hydrogen-bond acceptors (Lipinski definition) is 2. The number of carbonyl (C=O) groups is 1. The number of halogens is 1. The molecule has 0 spiro atoms. The summed E-state index contributed by atoms with van der Waals surface area (Å²) in [7, 11) is 2.11. The molecule has 2 rings (SSSR count). The number of benzene rings is 1. The van der Waals surface area contributed by atoms with Gasteiger partial charge < -0.3 is 4.90 Å². The van der Waals surface area contributed by atoms with Crippen molar-refractivity contribution in [3.05, 3.63) is 35.9 Å². The third-order valence-electron chi connectivity index (χ3n) is 3.19. The fourth-order valence-electron chi connectivity index (χ4n) is 2.19. The molecule has 1 saturated heterocycles. The molecule has 3 heteroatoms. The first kappa shape index (κ1) is 13.2. The number of ketones is 1. The average molecular weight is 240 g/mol. The summed E-state index contributed by atoms with van der Waals surface area (Å²) in [5.74, 6) is 0.273. The fourth-order valence-corrected chi connectivity index (χ4v) is 2.19. The van der Waals surface area contributed by atoms with Crippen LogP contribution in [-0.2, 0) is 0 Å². The average Bonchev–Trinajstić information content (AvgIpc) is 2.66. The summed E-state index contributed by atoms with van der Waals surface area (Å²) in [5, 5.41) is 0. The first-order valence-corrected chi connectivity index (χ1v) is 5.56. The van der Waals surface area contributed by atoms with Gasteiger partial charge in [0.15, 0.2) is 5.78 Å². The first-order chi connectivity index (χ1) is 7.27. The van der Waals surface area contributed by atoms with E-state index in [2.05, 4.69) is 11.9 Å². The molecule has 1 atom stereocenters. The van der Waals surface area contributed by atoms with E-state index in [1.54, 1.807) is 0 Å². The SMILES string of the molecule is CN1CCCC1CC(=O)c1ccccc1.Cl. The maximum Gasteiger partial charge on any atom is 0.164 e. The lowest BCUT2D eigenvalue weighted by atomic mass is 10.0. The summed E-state index contributed by atoms with van der Waals surface area (Å²) in [6.45, 7) is 1.13. The van der Waals surface area contributed by atoms with Crippen molar-refractivity contribution >= 4 is 18.2 Å². The molecule has 1 aromatic rings. The number of rotatable bonds is 3. The van der Waals surface area contributed by atoms with Gasteiger partial charge >= 0.3 is 0 Å². The van der Waals surface area contributed by atoms with Crippen molar-refractivity contribution in [2.45, 2.75) is 25.3 Å². The summed E-state index contributed by atoms with van der Waals surface area (Å²) in [6.07, 6.45) is 3.05. The Balaban J connectivity index is 0.00000128. The van der Waals surface area contributed by atoms with E-state index in [0.717, 1.165) is 18.5 Å². The van der Waals surface area contributed by atoms with Crippen LogP contribution in [0.1, 0.15) is 29.6 Å². The second kappa shape index (κ2) is 6.02. The molecule has 0 aromatic heterocycles. The second-order valence-electron chi connectivity index (χ2n) is 4.27. The molecule has 0 amide bonds. The second-order valence-corrected chi connectivity index (χ2v) is 4.27. The lowest BCUT2D eigenvalue weighted by molar-refractivity contribution is 0.0950. The third-order valence-corrected chi connectivity index (χ3v) is 3.19. The van der Waals surface area contributed by atoms with Crippen LogP contribution in [0.5, 0.6) is 0 Å². The summed E-state index contributed by atoms with van der Waals surface area (Å²) in [6, 6.07) is 10.0. The predicted molar refractivity (Wildman–Crippen MR) is 68.3 cm³/mol. The molecule has 1 aliphatic rings. The Morgan fingerprint density at radius 3 is 2.62 bits per heavy atom. The van der Waals surface area contributed by atoms with Crippen molar-refractivity contribution in [1.82, 2.24) is 4.90 Å². The van der Waals surface area contributed by atoms with Gasteiger partial charge in [-0.25, -0.2) is 0 Å². The smallest absolute Gasteiger partial charge is 0.164 e. The highest BCUT2D eigenvalue weighted by molar-refractivity contribution is 5.96. The van der Waals surface area contributed by atoms with E-state index in [1.807, 2.05) is 30.3 Å². The van der Waals surface area contributed by atoms with Crippen molar-refractivity contribution in [2.75, 3.05) is 13.6 Å². The van der Waals surface area contributed by atoms with Crippen LogP contribution in [0.3, 0.4) is 0 Å². The van der Waals surface area contributed by atoms with Gasteiger partial charge in [0.1, 0.15) is 0 Å². The van der Waals surface area contributed by atoms with Gasteiger partial charge in [-0.05, 0) is 26.4 Å². The Bertz CT molecular complexity index is 339. The van der Waals surface area contributed by atoms with Crippen LogP contribution < -0.4 is 0 Å². The molecule has 0 N–H and O–H groups in total.